The fourth-order valence-corrected chi connectivity index (χ4v) is 1.17. The Balaban J connectivity index is 2.58. The third-order valence-electron chi connectivity index (χ3n) is 2.05. The third kappa shape index (κ3) is 3.82. The molecule has 0 unspecified atom stereocenters. The van der Waals surface area contributed by atoms with Crippen molar-refractivity contribution in [2.75, 3.05) is 6.61 Å². The van der Waals surface area contributed by atoms with E-state index in [1.165, 1.54) is 18.2 Å². The van der Waals surface area contributed by atoms with Crippen molar-refractivity contribution in [2.45, 2.75) is 12.6 Å². The maximum absolute atomic E-state index is 10.6. The maximum atomic E-state index is 10.6. The van der Waals surface area contributed by atoms with Crippen LogP contribution >= 0.6 is 0 Å². The zero-order valence-electron chi connectivity index (χ0n) is 8.87. The van der Waals surface area contributed by atoms with Gasteiger partial charge in [-0.25, -0.2) is 0 Å². The van der Waals surface area contributed by atoms with Gasteiger partial charge in [-0.3, -0.25) is 10.1 Å². The Bertz CT molecular complexity index is 421. The lowest BCUT2D eigenvalue weighted by atomic mass is 10.2. The molecule has 0 aromatic heterocycles. The normalized spacial score (nSPS) is 12.1. The Morgan fingerprint density at radius 3 is 2.71 bits per heavy atom. The summed E-state index contributed by atoms with van der Waals surface area (Å²) < 4.78 is 4.98. The molecule has 0 spiro atoms. The molecule has 0 fully saturated rings. The predicted molar refractivity (Wildman–Crippen MR) is 55.7 cm³/mol. The van der Waals surface area contributed by atoms with Crippen LogP contribution in [0.3, 0.4) is 0 Å². The van der Waals surface area contributed by atoms with E-state index in [1.54, 1.807) is 6.07 Å². The quantitative estimate of drug-likeness (QED) is 0.512. The highest BCUT2D eigenvalue weighted by molar-refractivity contribution is 5.70. The van der Waals surface area contributed by atoms with E-state index in [9.17, 15) is 20.0 Å². The van der Waals surface area contributed by atoms with Crippen LogP contribution in [0.1, 0.15) is 5.56 Å². The highest BCUT2D eigenvalue weighted by atomic mass is 16.6. The summed E-state index contributed by atoms with van der Waals surface area (Å²) in [6, 6.07) is 4.80. The molecule has 0 saturated carbocycles. The van der Waals surface area contributed by atoms with E-state index < -0.39 is 16.9 Å². The molecular weight excluding hydrogens is 228 g/mol. The summed E-state index contributed by atoms with van der Waals surface area (Å²) in [5.41, 5.74) is 5.45. The largest absolute Gasteiger partial charge is 0.548 e. The zero-order valence-corrected chi connectivity index (χ0v) is 8.87. The van der Waals surface area contributed by atoms with Gasteiger partial charge in [0.15, 0.2) is 0 Å². The Kier molecular flexibility index (Phi) is 4.56. The first-order valence-electron chi connectivity index (χ1n) is 4.79. The summed E-state index contributed by atoms with van der Waals surface area (Å²) in [4.78, 5) is 20.4. The number of rotatable bonds is 6. The molecule has 1 aromatic rings. The topological polar surface area (TPSA) is 119 Å². The van der Waals surface area contributed by atoms with Crippen LogP contribution in [0.25, 0.3) is 0 Å². The molecule has 0 heterocycles. The van der Waals surface area contributed by atoms with Crippen molar-refractivity contribution in [2.24, 2.45) is 5.73 Å². The SMILES string of the molecule is N[C@@H](COCc1ccccc1[N+](=O)[O-])C(=O)[O-]. The Morgan fingerprint density at radius 2 is 2.12 bits per heavy atom. The Hall–Kier alpha value is -1.99. The van der Waals surface area contributed by atoms with Crippen molar-refractivity contribution < 1.29 is 19.6 Å². The van der Waals surface area contributed by atoms with E-state index >= 15 is 0 Å². The molecule has 0 saturated heterocycles. The van der Waals surface area contributed by atoms with Crippen molar-refractivity contribution in [1.29, 1.82) is 0 Å². The van der Waals surface area contributed by atoms with E-state index in [2.05, 4.69) is 0 Å². The molecule has 1 atom stereocenters. The lowest BCUT2D eigenvalue weighted by Crippen LogP contribution is -2.44. The molecule has 0 amide bonds. The lowest BCUT2D eigenvalue weighted by molar-refractivity contribution is -0.385. The van der Waals surface area contributed by atoms with Gasteiger partial charge in [0.05, 0.1) is 35.7 Å². The highest BCUT2D eigenvalue weighted by Crippen LogP contribution is 2.18. The van der Waals surface area contributed by atoms with Crippen LogP contribution in [0.15, 0.2) is 24.3 Å². The second-order valence-electron chi connectivity index (χ2n) is 3.33. The first kappa shape index (κ1) is 13.1. The minimum absolute atomic E-state index is 0.0713. The number of nitro benzene ring substituents is 1. The van der Waals surface area contributed by atoms with Gasteiger partial charge < -0.3 is 20.4 Å². The predicted octanol–water partition coefficient (Wildman–Crippen LogP) is -0.811. The highest BCUT2D eigenvalue weighted by Gasteiger charge is 2.12. The van der Waals surface area contributed by atoms with Crippen LogP contribution in [0.4, 0.5) is 5.69 Å². The van der Waals surface area contributed by atoms with E-state index in [1.807, 2.05) is 0 Å². The molecular formula is C10H11N2O5-. The number of nitro groups is 1. The molecule has 0 radical (unpaired) electrons. The third-order valence-corrected chi connectivity index (χ3v) is 2.05. The molecule has 7 heteroatoms. The summed E-state index contributed by atoms with van der Waals surface area (Å²) >= 11 is 0. The van der Waals surface area contributed by atoms with Crippen LogP contribution in [0.2, 0.25) is 0 Å². The fraction of sp³-hybridized carbons (Fsp3) is 0.300. The smallest absolute Gasteiger partial charge is 0.274 e. The van der Waals surface area contributed by atoms with Crippen LogP contribution in [-0.2, 0) is 16.1 Å². The van der Waals surface area contributed by atoms with Crippen molar-refractivity contribution >= 4 is 11.7 Å². The van der Waals surface area contributed by atoms with Crippen LogP contribution in [0.5, 0.6) is 0 Å². The number of hydrogen-bond donors (Lipinski definition) is 1. The van der Waals surface area contributed by atoms with Crippen LogP contribution in [0, 0.1) is 10.1 Å². The van der Waals surface area contributed by atoms with E-state index in [0.29, 0.717) is 5.56 Å². The number of ether oxygens (including phenoxy) is 1. The second kappa shape index (κ2) is 5.92. The number of nitrogens with two attached hydrogens (primary N) is 1. The Morgan fingerprint density at radius 1 is 1.47 bits per heavy atom. The summed E-state index contributed by atoms with van der Waals surface area (Å²) in [5, 5.41) is 20.9. The average Bonchev–Trinajstić information content (AvgIpc) is 2.29. The number of carboxylic acid groups (broad SMARTS) is 1. The Labute approximate surface area is 97.0 Å². The number of para-hydroxylation sites is 1. The van der Waals surface area contributed by atoms with Gasteiger partial charge in [-0.1, -0.05) is 12.1 Å². The van der Waals surface area contributed by atoms with Gasteiger partial charge in [-0.05, 0) is 6.07 Å². The standard InChI is InChI=1S/C10H12N2O5/c11-8(10(13)14)6-17-5-7-3-1-2-4-9(7)12(15)16/h1-4,8H,5-6,11H2,(H,13,14)/p-1/t8-/m0/s1. The molecule has 7 nitrogen and oxygen atoms in total. The van der Waals surface area contributed by atoms with Gasteiger partial charge in [-0.15, -0.1) is 0 Å². The fourth-order valence-electron chi connectivity index (χ4n) is 1.17. The van der Waals surface area contributed by atoms with Gasteiger partial charge in [0.1, 0.15) is 0 Å². The van der Waals surface area contributed by atoms with Crippen LogP contribution in [-0.4, -0.2) is 23.5 Å². The van der Waals surface area contributed by atoms with Gasteiger partial charge in [0.2, 0.25) is 0 Å². The first-order chi connectivity index (χ1) is 8.02. The summed E-state index contributed by atoms with van der Waals surface area (Å²) in [6.07, 6.45) is 0. The summed E-state index contributed by atoms with van der Waals surface area (Å²) in [5.74, 6) is -1.42. The molecule has 17 heavy (non-hydrogen) atoms. The van der Waals surface area contributed by atoms with E-state index in [4.69, 9.17) is 10.5 Å². The zero-order chi connectivity index (χ0) is 12.8. The van der Waals surface area contributed by atoms with Crippen molar-refractivity contribution in [3.63, 3.8) is 0 Å². The van der Waals surface area contributed by atoms with Crippen molar-refractivity contribution in [3.05, 3.63) is 39.9 Å². The number of carbonyl (C=O) groups is 1. The van der Waals surface area contributed by atoms with Gasteiger partial charge in [-0.2, -0.15) is 0 Å². The molecule has 1 rings (SSSR count). The van der Waals surface area contributed by atoms with Gasteiger partial charge in [0, 0.05) is 6.07 Å². The van der Waals surface area contributed by atoms with E-state index in [0.717, 1.165) is 0 Å². The minimum Gasteiger partial charge on any atom is -0.548 e. The number of hydrogen-bond acceptors (Lipinski definition) is 6. The lowest BCUT2D eigenvalue weighted by Gasteiger charge is -2.12. The van der Waals surface area contributed by atoms with E-state index in [-0.39, 0.29) is 18.9 Å². The first-order valence-corrected chi connectivity index (χ1v) is 4.79. The maximum Gasteiger partial charge on any atom is 0.274 e. The number of carbonyl (C=O) groups excluding carboxylic acids is 1. The molecule has 1 aromatic carbocycles. The summed E-state index contributed by atoms with van der Waals surface area (Å²) in [7, 11) is 0. The van der Waals surface area contributed by atoms with Gasteiger partial charge >= 0.3 is 0 Å². The second-order valence-corrected chi connectivity index (χ2v) is 3.33. The number of aliphatic carboxylic acids is 1. The number of benzene rings is 1. The molecule has 0 bridgehead atoms. The van der Waals surface area contributed by atoms with Gasteiger partial charge in [0.25, 0.3) is 5.69 Å². The monoisotopic (exact) mass is 239 g/mol. The molecule has 2 N–H and O–H groups in total. The molecule has 92 valence electrons. The minimum atomic E-state index is -1.42. The molecule has 0 aliphatic rings. The number of carboxylic acids is 1. The van der Waals surface area contributed by atoms with Crippen LogP contribution < -0.4 is 10.8 Å². The van der Waals surface area contributed by atoms with Crippen molar-refractivity contribution in [1.82, 2.24) is 0 Å². The molecule has 0 aliphatic carbocycles. The summed E-state index contributed by atoms with van der Waals surface area (Å²) in [6.45, 7) is -0.327. The van der Waals surface area contributed by atoms with Crippen molar-refractivity contribution in [3.8, 4) is 0 Å². The average molecular weight is 239 g/mol. The molecule has 0 aliphatic heterocycles. The number of nitrogens with zero attached hydrogens (tertiary/aromatic N) is 1.